The summed E-state index contributed by atoms with van der Waals surface area (Å²) in [7, 11) is -2.90. The lowest BCUT2D eigenvalue weighted by atomic mass is 9.97. The molecule has 0 aliphatic heterocycles. The highest BCUT2D eigenvalue weighted by molar-refractivity contribution is 7.19. The molecule has 0 radical (unpaired) electrons. The van der Waals surface area contributed by atoms with Crippen molar-refractivity contribution in [1.82, 2.24) is 19.5 Å². The number of rotatable bonds is 11. The number of fused-ring (bicyclic) bond motifs is 3. The first-order valence-corrected chi connectivity index (χ1v) is 27.9. The van der Waals surface area contributed by atoms with Crippen LogP contribution in [0.4, 0.5) is 5.69 Å². The van der Waals surface area contributed by atoms with Gasteiger partial charge in [0.05, 0.1) is 34.9 Å². The zero-order valence-corrected chi connectivity index (χ0v) is 43.2. The van der Waals surface area contributed by atoms with Crippen LogP contribution in [0.25, 0.3) is 99.9 Å². The third kappa shape index (κ3) is 8.34. The molecule has 0 aliphatic rings. The normalized spacial score (nSPS) is 11.3. The molecule has 0 bridgehead atoms. The minimum absolute atomic E-state index is 0.527. The third-order valence-corrected chi connectivity index (χ3v) is 19.7. The first-order valence-electron chi connectivity index (χ1n) is 25.9. The van der Waals surface area contributed by atoms with Crippen LogP contribution in [0.2, 0.25) is 0 Å². The van der Waals surface area contributed by atoms with Gasteiger partial charge in [0.25, 0.3) is 0 Å². The maximum atomic E-state index is 10.3. The van der Waals surface area contributed by atoms with Gasteiger partial charge in [-0.05, 0) is 96.6 Å². The van der Waals surface area contributed by atoms with Gasteiger partial charge in [-0.3, -0.25) is 0 Å². The number of hydrogen-bond donors (Lipinski definition) is 0. The van der Waals surface area contributed by atoms with E-state index in [9.17, 15) is 5.26 Å². The Morgan fingerprint density at radius 3 is 1.35 bits per heavy atom. The summed E-state index contributed by atoms with van der Waals surface area (Å²) in [4.78, 5) is 19.7. The minimum atomic E-state index is -2.90. The van der Waals surface area contributed by atoms with E-state index in [-0.39, 0.29) is 0 Å². The quantitative estimate of drug-likeness (QED) is 0.0735. The molecule has 0 spiro atoms. The summed E-state index contributed by atoms with van der Waals surface area (Å²) >= 11 is 0. The third-order valence-electron chi connectivity index (χ3n) is 14.9. The fraction of sp³-hybridized carbons (Fsp3) is 0. The van der Waals surface area contributed by atoms with Crippen LogP contribution in [0.3, 0.4) is 0 Å². The highest BCUT2D eigenvalue weighted by Crippen LogP contribution is 2.42. The highest BCUT2D eigenvalue weighted by Gasteiger charge is 2.41. The molecule has 6 nitrogen and oxygen atoms in total. The van der Waals surface area contributed by atoms with Crippen molar-refractivity contribution in [2.75, 3.05) is 0 Å². The first kappa shape index (κ1) is 47.2. The summed E-state index contributed by atoms with van der Waals surface area (Å²) in [5.41, 5.74) is 12.2. The van der Waals surface area contributed by atoms with Gasteiger partial charge in [-0.2, -0.15) is 5.26 Å². The van der Waals surface area contributed by atoms with E-state index in [2.05, 4.69) is 185 Å². The lowest BCUT2D eigenvalue weighted by Crippen LogP contribution is -2.74. The number of aromatic nitrogens is 4. The molecule has 0 unspecified atom stereocenters. The van der Waals surface area contributed by atoms with E-state index in [1.165, 1.54) is 20.7 Å². The predicted octanol–water partition coefficient (Wildman–Crippen LogP) is 14.8. The minimum Gasteiger partial charge on any atom is -0.308 e. The van der Waals surface area contributed by atoms with Crippen molar-refractivity contribution >= 4 is 56.3 Å². The molecule has 11 aromatic carbocycles. The van der Waals surface area contributed by atoms with Crippen molar-refractivity contribution in [3.63, 3.8) is 0 Å². The Hall–Kier alpha value is -10.6. The summed E-state index contributed by atoms with van der Waals surface area (Å²) < 4.78 is 2.34. The zero-order chi connectivity index (χ0) is 52.4. The molecule has 13 aromatic rings. The van der Waals surface area contributed by atoms with E-state index in [1.807, 2.05) is 109 Å². The van der Waals surface area contributed by atoms with Gasteiger partial charge < -0.3 is 4.57 Å². The van der Waals surface area contributed by atoms with Gasteiger partial charge in [-0.15, -0.1) is 0 Å². The molecule has 0 saturated heterocycles. The first-order chi connectivity index (χ1) is 38.6. The lowest BCUT2D eigenvalue weighted by molar-refractivity contribution is 1.06. The highest BCUT2D eigenvalue weighted by atomic mass is 28.3. The summed E-state index contributed by atoms with van der Waals surface area (Å²) in [6.07, 6.45) is 0. The molecule has 0 aliphatic carbocycles. The van der Waals surface area contributed by atoms with Crippen LogP contribution in [0, 0.1) is 17.9 Å². The molecular formula is C71H46N6Si. The smallest absolute Gasteiger partial charge is 0.194 e. The van der Waals surface area contributed by atoms with Gasteiger partial charge in [0.2, 0.25) is 0 Å². The number of para-hydroxylation sites is 1. The maximum absolute atomic E-state index is 10.3. The molecule has 0 atom stereocenters. The summed E-state index contributed by atoms with van der Waals surface area (Å²) in [6.45, 7) is 8.10. The van der Waals surface area contributed by atoms with Crippen molar-refractivity contribution in [2.45, 2.75) is 0 Å². The van der Waals surface area contributed by atoms with Crippen molar-refractivity contribution < 1.29 is 0 Å². The number of benzene rings is 11. The Morgan fingerprint density at radius 1 is 0.359 bits per heavy atom. The maximum Gasteiger partial charge on any atom is 0.194 e. The molecule has 2 heterocycles. The molecule has 0 N–H and O–H groups in total. The van der Waals surface area contributed by atoms with Gasteiger partial charge in [-0.1, -0.05) is 237 Å². The van der Waals surface area contributed by atoms with Gasteiger partial charge in [0.1, 0.15) is 0 Å². The molecule has 0 fully saturated rings. The van der Waals surface area contributed by atoms with Crippen LogP contribution in [0.1, 0.15) is 5.56 Å². The van der Waals surface area contributed by atoms with Gasteiger partial charge in [-0.25, -0.2) is 19.8 Å². The van der Waals surface area contributed by atoms with Crippen LogP contribution in [-0.2, 0) is 0 Å². The van der Waals surface area contributed by atoms with E-state index in [1.54, 1.807) is 0 Å². The summed E-state index contributed by atoms with van der Waals surface area (Å²) in [6, 6.07) is 100.0. The van der Waals surface area contributed by atoms with Crippen molar-refractivity contribution in [2.24, 2.45) is 0 Å². The zero-order valence-electron chi connectivity index (χ0n) is 42.2. The van der Waals surface area contributed by atoms with Crippen LogP contribution in [0.5, 0.6) is 0 Å². The fourth-order valence-electron chi connectivity index (χ4n) is 11.3. The summed E-state index contributed by atoms with van der Waals surface area (Å²) in [5, 5.41) is 17.5. The molecule has 0 saturated carbocycles. The Morgan fingerprint density at radius 2 is 0.795 bits per heavy atom. The predicted molar refractivity (Wildman–Crippen MR) is 321 cm³/mol. The van der Waals surface area contributed by atoms with Crippen LogP contribution in [-0.4, -0.2) is 27.6 Å². The van der Waals surface area contributed by atoms with E-state index in [0.29, 0.717) is 28.7 Å². The van der Waals surface area contributed by atoms with Gasteiger partial charge in [0.15, 0.2) is 31.2 Å². The SMILES string of the molecule is [C-]#[N+]c1ccccc1-c1ccc2c(c1)c1cc(-c3ccccc3C#N)ccc1n2-c1cc(-c2cccc([Si](c3ccccc3)(c3ccccc3)c3ccccc3)c2)ccc1-c1nc(-c2ccccc2)nc(-c2ccccc2)n1. The molecule has 0 amide bonds. The van der Waals surface area contributed by atoms with Gasteiger partial charge >= 0.3 is 0 Å². The monoisotopic (exact) mass is 1010 g/mol. The number of nitriles is 1. The van der Waals surface area contributed by atoms with E-state index < -0.39 is 8.07 Å². The molecular weight excluding hydrogens is 965 g/mol. The lowest BCUT2D eigenvalue weighted by Gasteiger charge is -2.34. The Kier molecular flexibility index (Phi) is 12.3. The molecule has 13 rings (SSSR count). The molecule has 2 aromatic heterocycles. The van der Waals surface area contributed by atoms with E-state index >= 15 is 0 Å². The Labute approximate surface area is 454 Å². The second-order valence-corrected chi connectivity index (χ2v) is 23.1. The summed E-state index contributed by atoms with van der Waals surface area (Å²) in [5.74, 6) is 1.66. The van der Waals surface area contributed by atoms with Gasteiger partial charge in [0, 0.05) is 27.5 Å². The van der Waals surface area contributed by atoms with Crippen LogP contribution >= 0.6 is 0 Å². The number of hydrogen-bond acceptors (Lipinski definition) is 4. The second-order valence-electron chi connectivity index (χ2n) is 19.3. The van der Waals surface area contributed by atoms with Crippen molar-refractivity contribution in [3.8, 4) is 79.3 Å². The Balaban J connectivity index is 1.11. The van der Waals surface area contributed by atoms with Crippen molar-refractivity contribution in [3.05, 3.63) is 296 Å². The topological polar surface area (TPSA) is 71.8 Å². The second kappa shape index (κ2) is 20.3. The Bertz CT molecular complexity index is 4180. The van der Waals surface area contributed by atoms with Crippen molar-refractivity contribution in [1.29, 1.82) is 5.26 Å². The fourth-order valence-corrected chi connectivity index (χ4v) is 16.1. The van der Waals surface area contributed by atoms with E-state index in [0.717, 1.165) is 77.6 Å². The largest absolute Gasteiger partial charge is 0.308 e. The standard InChI is InChI=1S/C71H46N6Si/c1-73-65-37-20-19-36-61(65)54-40-43-67-64(46-54)63-45-53(60-35-18-17-26-55(60)48-72)39-42-66(63)77(67)68-47-52(38-41-62(68)71-75-69(49-22-7-2-8-23-49)74-70(76-71)50-24-9-3-10-25-50)51-27-21-34-59(44-51)78(56-28-11-4-12-29-56,57-30-13-5-14-31-57)58-32-15-6-16-33-58/h2-47H. The molecule has 78 heavy (non-hydrogen) atoms. The molecule has 7 heteroatoms. The van der Waals surface area contributed by atoms with E-state index in [4.69, 9.17) is 21.5 Å². The van der Waals surface area contributed by atoms with Crippen LogP contribution < -0.4 is 20.7 Å². The number of nitrogens with zero attached hydrogens (tertiary/aromatic N) is 6. The van der Waals surface area contributed by atoms with Crippen LogP contribution in [0.15, 0.2) is 279 Å². The molecule has 364 valence electrons. The average Bonchev–Trinajstić information content (AvgIpc) is 3.95. The average molecular weight is 1010 g/mol.